The first-order chi connectivity index (χ1) is 14.0. The molecule has 1 aliphatic rings. The number of fused-ring (bicyclic) bond motifs is 1. The number of aliphatic hydroxyl groups is 5. The quantitative estimate of drug-likeness (QED) is 0.431. The van der Waals surface area contributed by atoms with Crippen molar-refractivity contribution in [2.24, 2.45) is 0 Å². The summed E-state index contributed by atoms with van der Waals surface area (Å²) in [7, 11) is 0. The molecule has 1 fully saturated rings. The minimum atomic E-state index is -1.45. The molecule has 6 nitrogen and oxygen atoms in total. The zero-order valence-electron chi connectivity index (χ0n) is 15.7. The summed E-state index contributed by atoms with van der Waals surface area (Å²) in [6.45, 7) is -0.745. The maximum Gasteiger partial charge on any atom is 0.113 e. The van der Waals surface area contributed by atoms with E-state index in [4.69, 9.17) is 4.74 Å². The highest BCUT2D eigenvalue weighted by molar-refractivity contribution is 7.19. The second-order valence-corrected chi connectivity index (χ2v) is 8.54. The fourth-order valence-electron chi connectivity index (χ4n) is 3.85. The van der Waals surface area contributed by atoms with E-state index in [1.807, 2.05) is 24.3 Å². The van der Waals surface area contributed by atoms with Gasteiger partial charge in [0, 0.05) is 16.0 Å². The molecule has 0 radical (unpaired) electrons. The van der Waals surface area contributed by atoms with Crippen LogP contribution in [0, 0.1) is 0 Å². The van der Waals surface area contributed by atoms with Gasteiger partial charge in [-0.15, -0.1) is 11.3 Å². The van der Waals surface area contributed by atoms with Gasteiger partial charge in [-0.05, 0) is 34.2 Å². The van der Waals surface area contributed by atoms with E-state index >= 15 is 0 Å². The van der Waals surface area contributed by atoms with Gasteiger partial charge in [-0.2, -0.15) is 0 Å². The van der Waals surface area contributed by atoms with Crippen molar-refractivity contribution in [1.82, 2.24) is 0 Å². The molecule has 1 aliphatic heterocycles. The molecule has 0 bridgehead atoms. The lowest BCUT2D eigenvalue weighted by atomic mass is 9.88. The monoisotopic (exact) mass is 416 g/mol. The van der Waals surface area contributed by atoms with E-state index in [1.54, 1.807) is 17.4 Å². The molecule has 154 valence electrons. The third-order valence-electron chi connectivity index (χ3n) is 5.43. The van der Waals surface area contributed by atoms with Gasteiger partial charge in [-0.25, -0.2) is 0 Å². The number of hydrogen-bond donors (Lipinski definition) is 5. The summed E-state index contributed by atoms with van der Waals surface area (Å²) in [5.74, 6) is 0. The third-order valence-corrected chi connectivity index (χ3v) is 6.55. The average Bonchev–Trinajstić information content (AvgIpc) is 3.14. The molecule has 1 saturated heterocycles. The summed E-state index contributed by atoms with van der Waals surface area (Å²) in [6, 6.07) is 15.9. The van der Waals surface area contributed by atoms with E-state index in [0.29, 0.717) is 17.5 Å². The normalized spacial score (nSPS) is 27.4. The predicted octanol–water partition coefficient (Wildman–Crippen LogP) is 1.50. The lowest BCUT2D eigenvalue weighted by Crippen LogP contribution is -2.55. The maximum absolute atomic E-state index is 10.5. The van der Waals surface area contributed by atoms with Crippen molar-refractivity contribution in [3.05, 3.63) is 70.1 Å². The second kappa shape index (κ2) is 8.49. The maximum atomic E-state index is 10.5. The van der Waals surface area contributed by atoms with Gasteiger partial charge in [0.25, 0.3) is 0 Å². The van der Waals surface area contributed by atoms with Crippen molar-refractivity contribution >= 4 is 21.4 Å². The Bertz CT molecular complexity index is 951. The standard InChI is InChI=1S/C22H24O6S/c23-10-14-6-5-12(7-15-9-13-3-1-2-4-18(13)29-15)8-16(14)22-21(27)20(26)19(25)17(11-24)28-22/h1-6,8-9,17,19-27H,7,10-11H2/t17?,19-,20?,21-,22?/m1/s1. The first-order valence-corrected chi connectivity index (χ1v) is 10.3. The van der Waals surface area contributed by atoms with E-state index < -0.39 is 37.1 Å². The van der Waals surface area contributed by atoms with E-state index in [0.717, 1.165) is 5.56 Å². The fraction of sp³-hybridized carbons (Fsp3) is 0.364. The van der Waals surface area contributed by atoms with Crippen LogP contribution in [0.3, 0.4) is 0 Å². The number of ether oxygens (including phenoxy) is 1. The minimum Gasteiger partial charge on any atom is -0.394 e. The van der Waals surface area contributed by atoms with Crippen molar-refractivity contribution in [2.45, 2.75) is 43.5 Å². The number of hydrogen-bond acceptors (Lipinski definition) is 7. The Morgan fingerprint density at radius 1 is 0.897 bits per heavy atom. The first kappa shape index (κ1) is 20.4. The summed E-state index contributed by atoms with van der Waals surface area (Å²) < 4.78 is 6.91. The molecule has 0 aliphatic carbocycles. The average molecular weight is 416 g/mol. The zero-order valence-corrected chi connectivity index (χ0v) is 16.5. The summed E-state index contributed by atoms with van der Waals surface area (Å²) in [4.78, 5) is 1.18. The predicted molar refractivity (Wildman–Crippen MR) is 110 cm³/mol. The summed E-state index contributed by atoms with van der Waals surface area (Å²) in [5, 5.41) is 51.0. The molecule has 1 aromatic heterocycles. The Balaban J connectivity index is 1.66. The molecule has 0 spiro atoms. The number of benzene rings is 2. The minimum absolute atomic E-state index is 0.256. The largest absolute Gasteiger partial charge is 0.394 e. The molecule has 5 N–H and O–H groups in total. The SMILES string of the molecule is OCc1ccc(Cc2cc3ccccc3s2)cc1C1OC(CO)[C@@H](O)C(O)[C@H]1O. The summed E-state index contributed by atoms with van der Waals surface area (Å²) >= 11 is 1.71. The molecular formula is C22H24O6S. The van der Waals surface area contributed by atoms with Crippen molar-refractivity contribution in [1.29, 1.82) is 0 Å². The molecule has 0 amide bonds. The zero-order chi connectivity index (χ0) is 20.5. The molecule has 5 atom stereocenters. The van der Waals surface area contributed by atoms with Crippen LogP contribution in [-0.4, -0.2) is 56.6 Å². The van der Waals surface area contributed by atoms with Gasteiger partial charge in [-0.3, -0.25) is 0 Å². The highest BCUT2D eigenvalue weighted by Crippen LogP contribution is 2.35. The van der Waals surface area contributed by atoms with Crippen LogP contribution in [0.4, 0.5) is 0 Å². The molecule has 0 saturated carbocycles. The first-order valence-electron chi connectivity index (χ1n) is 9.52. The topological polar surface area (TPSA) is 110 Å². The molecule has 4 rings (SSSR count). The van der Waals surface area contributed by atoms with Gasteiger partial charge in [0.05, 0.1) is 13.2 Å². The Kier molecular flexibility index (Phi) is 5.98. The van der Waals surface area contributed by atoms with Crippen LogP contribution < -0.4 is 0 Å². The van der Waals surface area contributed by atoms with Gasteiger partial charge < -0.3 is 30.3 Å². The Labute approximate surface area is 172 Å². The van der Waals surface area contributed by atoms with E-state index in [9.17, 15) is 25.5 Å². The number of aliphatic hydroxyl groups excluding tert-OH is 5. The molecular weight excluding hydrogens is 392 g/mol. The van der Waals surface area contributed by atoms with Crippen LogP contribution >= 0.6 is 11.3 Å². The number of thiophene rings is 1. The van der Waals surface area contributed by atoms with Crippen molar-refractivity contribution in [3.8, 4) is 0 Å². The molecule has 29 heavy (non-hydrogen) atoms. The second-order valence-electron chi connectivity index (χ2n) is 7.37. The summed E-state index contributed by atoms with van der Waals surface area (Å²) in [5.41, 5.74) is 2.08. The van der Waals surface area contributed by atoms with E-state index in [1.165, 1.54) is 15.0 Å². The van der Waals surface area contributed by atoms with Crippen LogP contribution in [0.1, 0.15) is 27.7 Å². The van der Waals surface area contributed by atoms with Crippen LogP contribution in [0.25, 0.3) is 10.1 Å². The highest BCUT2D eigenvalue weighted by atomic mass is 32.1. The third kappa shape index (κ3) is 3.95. The highest BCUT2D eigenvalue weighted by Gasteiger charge is 2.44. The van der Waals surface area contributed by atoms with Gasteiger partial charge in [0.1, 0.15) is 30.5 Å². The molecule has 2 aromatic carbocycles. The van der Waals surface area contributed by atoms with E-state index in [2.05, 4.69) is 18.2 Å². The summed E-state index contributed by atoms with van der Waals surface area (Å²) in [6.07, 6.45) is -5.52. The van der Waals surface area contributed by atoms with Crippen molar-refractivity contribution in [2.75, 3.05) is 6.61 Å². The van der Waals surface area contributed by atoms with Crippen LogP contribution in [0.2, 0.25) is 0 Å². The molecule has 3 unspecified atom stereocenters. The number of rotatable bonds is 5. The molecule has 3 aromatic rings. The fourth-order valence-corrected chi connectivity index (χ4v) is 4.95. The molecule has 2 heterocycles. The van der Waals surface area contributed by atoms with Gasteiger partial charge in [0.2, 0.25) is 0 Å². The van der Waals surface area contributed by atoms with Gasteiger partial charge >= 0.3 is 0 Å². The van der Waals surface area contributed by atoms with E-state index in [-0.39, 0.29) is 6.61 Å². The Hall–Kier alpha value is -1.84. The van der Waals surface area contributed by atoms with Gasteiger partial charge in [-0.1, -0.05) is 36.4 Å². The Morgan fingerprint density at radius 2 is 1.69 bits per heavy atom. The Morgan fingerprint density at radius 3 is 2.41 bits per heavy atom. The smallest absolute Gasteiger partial charge is 0.113 e. The van der Waals surface area contributed by atoms with Crippen molar-refractivity contribution in [3.63, 3.8) is 0 Å². The van der Waals surface area contributed by atoms with Crippen molar-refractivity contribution < 1.29 is 30.3 Å². The lowest BCUT2D eigenvalue weighted by molar-refractivity contribution is -0.232. The van der Waals surface area contributed by atoms with Gasteiger partial charge in [0.15, 0.2) is 0 Å². The van der Waals surface area contributed by atoms with Crippen LogP contribution in [0.5, 0.6) is 0 Å². The van der Waals surface area contributed by atoms with Crippen LogP contribution in [0.15, 0.2) is 48.5 Å². The molecule has 7 heteroatoms. The lowest BCUT2D eigenvalue weighted by Gasteiger charge is -2.40. The van der Waals surface area contributed by atoms with Crippen LogP contribution in [-0.2, 0) is 17.8 Å².